The molecule has 0 aliphatic heterocycles. The van der Waals surface area contributed by atoms with Crippen molar-refractivity contribution in [3.8, 4) is 0 Å². The first-order valence-corrected chi connectivity index (χ1v) is 8.88. The lowest BCUT2D eigenvalue weighted by Crippen LogP contribution is -2.28. The van der Waals surface area contributed by atoms with E-state index < -0.39 is 14.6 Å². The number of hydrogen-bond donors (Lipinski definition) is 1. The van der Waals surface area contributed by atoms with Crippen LogP contribution in [0.5, 0.6) is 0 Å². The van der Waals surface area contributed by atoms with E-state index in [1.807, 2.05) is 0 Å². The molecule has 1 aromatic heterocycles. The number of nitrogens with zero attached hydrogens (tertiary/aromatic N) is 1. The van der Waals surface area contributed by atoms with Crippen LogP contribution in [-0.4, -0.2) is 24.7 Å². The van der Waals surface area contributed by atoms with E-state index in [1.165, 1.54) is 6.42 Å². The summed E-state index contributed by atoms with van der Waals surface area (Å²) in [4.78, 5) is 4.12. The van der Waals surface area contributed by atoms with Crippen LogP contribution in [0, 0.1) is 5.92 Å². The molecule has 1 N–H and O–H groups in total. The molecule has 4 nitrogen and oxygen atoms in total. The number of rotatable bonds is 4. The Hall–Kier alpha value is -1.36. The molecule has 1 heterocycles. The lowest BCUT2D eigenvalue weighted by atomic mass is 9.94. The molecule has 1 aliphatic rings. The molecule has 0 spiro atoms. The second kappa shape index (κ2) is 6.18. The molecule has 1 unspecified atom stereocenters. The van der Waals surface area contributed by atoms with E-state index in [9.17, 15) is 8.42 Å². The van der Waals surface area contributed by atoms with Gasteiger partial charge in [0.2, 0.25) is 0 Å². The number of sulfone groups is 1. The molecule has 2 rings (SSSR count). The largest absolute Gasteiger partial charge is 0.384 e. The van der Waals surface area contributed by atoms with Gasteiger partial charge in [0.1, 0.15) is 0 Å². The molecular formula is C16H24N2O2S. The number of hydrogen-bond acceptors (Lipinski definition) is 4. The van der Waals surface area contributed by atoms with E-state index in [0.717, 1.165) is 25.1 Å². The highest BCUT2D eigenvalue weighted by Crippen LogP contribution is 2.24. The highest BCUT2D eigenvalue weighted by atomic mass is 32.2. The Balaban J connectivity index is 2.01. The zero-order valence-corrected chi connectivity index (χ0v) is 13.8. The minimum absolute atomic E-state index is 0.140. The SMILES string of the molecule is CC(C)(C)S(=O)(=O)c1ccc(NCC2CC=CCC2)cn1. The molecule has 0 fully saturated rings. The van der Waals surface area contributed by atoms with Crippen LogP contribution in [0.4, 0.5) is 5.69 Å². The van der Waals surface area contributed by atoms with Crippen molar-refractivity contribution in [1.29, 1.82) is 0 Å². The molecule has 116 valence electrons. The third-order valence-electron chi connectivity index (χ3n) is 3.79. The maximum absolute atomic E-state index is 12.3. The van der Waals surface area contributed by atoms with E-state index >= 15 is 0 Å². The summed E-state index contributed by atoms with van der Waals surface area (Å²) in [5.74, 6) is 0.646. The van der Waals surface area contributed by atoms with Gasteiger partial charge in [0.25, 0.3) is 0 Å². The topological polar surface area (TPSA) is 59.1 Å². The Bertz CT molecular complexity index is 598. The molecule has 0 radical (unpaired) electrons. The van der Waals surface area contributed by atoms with Crippen molar-refractivity contribution < 1.29 is 8.42 Å². The summed E-state index contributed by atoms with van der Waals surface area (Å²) in [6.07, 6.45) is 9.52. The standard InChI is InChI=1S/C16H24N2O2S/c1-16(2,3)21(19,20)15-10-9-14(12-18-15)17-11-13-7-5-4-6-8-13/h4-5,9-10,12-13,17H,6-8,11H2,1-3H3. The fourth-order valence-corrected chi connectivity index (χ4v) is 3.33. The van der Waals surface area contributed by atoms with Crippen molar-refractivity contribution >= 4 is 15.5 Å². The maximum Gasteiger partial charge on any atom is 0.200 e. The van der Waals surface area contributed by atoms with Crippen molar-refractivity contribution in [3.05, 3.63) is 30.5 Å². The third kappa shape index (κ3) is 3.84. The predicted molar refractivity (Wildman–Crippen MR) is 86.1 cm³/mol. The van der Waals surface area contributed by atoms with E-state index in [1.54, 1.807) is 39.1 Å². The molecule has 0 saturated heterocycles. The van der Waals surface area contributed by atoms with Gasteiger partial charge in [0.15, 0.2) is 14.9 Å². The molecular weight excluding hydrogens is 284 g/mol. The molecule has 21 heavy (non-hydrogen) atoms. The quantitative estimate of drug-likeness (QED) is 0.866. The normalized spacial score (nSPS) is 19.5. The van der Waals surface area contributed by atoms with Gasteiger partial charge in [-0.3, -0.25) is 0 Å². The van der Waals surface area contributed by atoms with Crippen molar-refractivity contribution in [3.63, 3.8) is 0 Å². The first-order valence-electron chi connectivity index (χ1n) is 7.40. The Labute approximate surface area is 127 Å². The molecule has 0 aromatic carbocycles. The molecule has 0 amide bonds. The van der Waals surface area contributed by atoms with Gasteiger partial charge in [-0.15, -0.1) is 0 Å². The fourth-order valence-electron chi connectivity index (χ4n) is 2.26. The summed E-state index contributed by atoms with van der Waals surface area (Å²) in [5.41, 5.74) is 0.873. The highest BCUT2D eigenvalue weighted by molar-refractivity contribution is 7.92. The Morgan fingerprint density at radius 1 is 1.29 bits per heavy atom. The Kier molecular flexibility index (Phi) is 4.71. The van der Waals surface area contributed by atoms with Crippen molar-refractivity contribution in [2.24, 2.45) is 5.92 Å². The van der Waals surface area contributed by atoms with E-state index in [0.29, 0.717) is 5.92 Å². The minimum atomic E-state index is -3.38. The van der Waals surface area contributed by atoms with Gasteiger partial charge in [-0.1, -0.05) is 12.2 Å². The van der Waals surface area contributed by atoms with Gasteiger partial charge in [-0.25, -0.2) is 13.4 Å². The van der Waals surface area contributed by atoms with Crippen LogP contribution in [0.3, 0.4) is 0 Å². The zero-order chi connectivity index (χ0) is 15.5. The average Bonchev–Trinajstić information content (AvgIpc) is 2.45. The van der Waals surface area contributed by atoms with E-state index in [2.05, 4.69) is 22.5 Å². The van der Waals surface area contributed by atoms with Gasteiger partial charge in [0, 0.05) is 6.54 Å². The van der Waals surface area contributed by atoms with Crippen molar-refractivity contribution in [2.75, 3.05) is 11.9 Å². The molecule has 0 saturated carbocycles. The summed E-state index contributed by atoms with van der Waals surface area (Å²) in [6, 6.07) is 3.38. The van der Waals surface area contributed by atoms with Crippen LogP contribution < -0.4 is 5.32 Å². The van der Waals surface area contributed by atoms with Crippen molar-refractivity contribution in [2.45, 2.75) is 49.8 Å². The maximum atomic E-state index is 12.3. The van der Waals surface area contributed by atoms with Crippen LogP contribution in [0.1, 0.15) is 40.0 Å². The first kappa shape index (κ1) is 16.0. The fraction of sp³-hybridized carbons (Fsp3) is 0.562. The highest BCUT2D eigenvalue weighted by Gasteiger charge is 2.31. The zero-order valence-electron chi connectivity index (χ0n) is 13.0. The molecule has 1 aromatic rings. The average molecular weight is 308 g/mol. The number of pyridine rings is 1. The second-order valence-electron chi connectivity index (χ2n) is 6.53. The van der Waals surface area contributed by atoms with Gasteiger partial charge in [-0.2, -0.15) is 0 Å². The summed E-state index contributed by atoms with van der Waals surface area (Å²) < 4.78 is 23.7. The monoisotopic (exact) mass is 308 g/mol. The smallest absolute Gasteiger partial charge is 0.200 e. The third-order valence-corrected chi connectivity index (χ3v) is 6.19. The van der Waals surface area contributed by atoms with Crippen LogP contribution in [0.2, 0.25) is 0 Å². The van der Waals surface area contributed by atoms with E-state index in [4.69, 9.17) is 0 Å². The number of nitrogens with one attached hydrogen (secondary N) is 1. The summed E-state index contributed by atoms with van der Waals surface area (Å²) in [7, 11) is -3.38. The minimum Gasteiger partial charge on any atom is -0.384 e. The Morgan fingerprint density at radius 3 is 2.57 bits per heavy atom. The van der Waals surface area contributed by atoms with Gasteiger partial charge in [-0.05, 0) is 58.1 Å². The van der Waals surface area contributed by atoms with Crippen molar-refractivity contribution in [1.82, 2.24) is 4.98 Å². The van der Waals surface area contributed by atoms with Crippen LogP contribution in [0.15, 0.2) is 35.5 Å². The van der Waals surface area contributed by atoms with E-state index in [-0.39, 0.29) is 5.03 Å². The summed E-state index contributed by atoms with van der Waals surface area (Å²) >= 11 is 0. The second-order valence-corrected chi connectivity index (χ2v) is 9.18. The molecule has 1 aliphatic carbocycles. The Morgan fingerprint density at radius 2 is 2.05 bits per heavy atom. The number of allylic oxidation sites excluding steroid dienone is 2. The van der Waals surface area contributed by atoms with Gasteiger partial charge in [0.05, 0.1) is 16.6 Å². The molecule has 5 heteroatoms. The van der Waals surface area contributed by atoms with Gasteiger partial charge < -0.3 is 5.32 Å². The lowest BCUT2D eigenvalue weighted by molar-refractivity contribution is 0.504. The lowest BCUT2D eigenvalue weighted by Gasteiger charge is -2.20. The van der Waals surface area contributed by atoms with Crippen LogP contribution in [0.25, 0.3) is 0 Å². The summed E-state index contributed by atoms with van der Waals surface area (Å²) in [5, 5.41) is 3.48. The number of anilines is 1. The predicted octanol–water partition coefficient (Wildman–Crippen LogP) is 3.42. The number of aromatic nitrogens is 1. The van der Waals surface area contributed by atoms with Crippen LogP contribution >= 0.6 is 0 Å². The molecule has 1 atom stereocenters. The summed E-state index contributed by atoms with van der Waals surface area (Å²) in [6.45, 7) is 5.96. The molecule has 0 bridgehead atoms. The van der Waals surface area contributed by atoms with Gasteiger partial charge >= 0.3 is 0 Å². The first-order chi connectivity index (χ1) is 9.80. The van der Waals surface area contributed by atoms with Crippen LogP contribution in [-0.2, 0) is 9.84 Å².